The number of aliphatic imine (C=N–C) groups is 1. The normalized spacial score (nSPS) is 15.6. The number of anilines is 1. The first-order valence-corrected chi connectivity index (χ1v) is 10.9. The van der Waals surface area contributed by atoms with Gasteiger partial charge in [0.15, 0.2) is 11.4 Å². The molecule has 0 amide bonds. The number of aromatic nitrogens is 4. The van der Waals surface area contributed by atoms with Gasteiger partial charge in [-0.2, -0.15) is 12.9 Å². The number of benzene rings is 1. The molecule has 0 saturated carbocycles. The zero-order valence-corrected chi connectivity index (χ0v) is 17.3. The summed E-state index contributed by atoms with van der Waals surface area (Å²) < 4.78 is 36.7. The second-order valence-corrected chi connectivity index (χ2v) is 8.70. The monoisotopic (exact) mass is 438 g/mol. The van der Waals surface area contributed by atoms with Crippen molar-refractivity contribution in [2.24, 2.45) is 4.99 Å². The number of nitrogen functional groups attached to an aromatic ring is 1. The average Bonchev–Trinajstić information content (AvgIpc) is 3.48. The van der Waals surface area contributed by atoms with Crippen LogP contribution in [0.5, 0.6) is 0 Å². The van der Waals surface area contributed by atoms with Gasteiger partial charge in [-0.25, -0.2) is 9.97 Å². The number of nitrogens with zero attached hydrogens (tertiary/aromatic N) is 5. The summed E-state index contributed by atoms with van der Waals surface area (Å²) >= 11 is 0. The summed E-state index contributed by atoms with van der Waals surface area (Å²) in [5.41, 5.74) is 8.85. The van der Waals surface area contributed by atoms with Crippen molar-refractivity contribution in [1.29, 1.82) is 0 Å². The van der Waals surface area contributed by atoms with Crippen LogP contribution in [-0.4, -0.2) is 40.8 Å². The predicted molar refractivity (Wildman–Crippen MR) is 112 cm³/mol. The lowest BCUT2D eigenvalue weighted by atomic mass is 10.1. The van der Waals surface area contributed by atoms with E-state index in [9.17, 15) is 8.42 Å². The Morgan fingerprint density at radius 1 is 1.19 bits per heavy atom. The number of hydrogen-bond acceptors (Lipinski definition) is 9. The van der Waals surface area contributed by atoms with Crippen molar-refractivity contribution < 1.29 is 17.0 Å². The third-order valence-electron chi connectivity index (χ3n) is 4.96. The lowest BCUT2D eigenvalue weighted by molar-refractivity contribution is 0.301. The molecule has 0 radical (unpaired) electrons. The molecule has 11 heteroatoms. The Balaban J connectivity index is 1.36. The van der Waals surface area contributed by atoms with Gasteiger partial charge < -0.3 is 10.2 Å². The molecule has 0 fully saturated rings. The zero-order valence-electron chi connectivity index (χ0n) is 16.5. The van der Waals surface area contributed by atoms with Crippen LogP contribution in [0.1, 0.15) is 29.3 Å². The number of rotatable bonds is 6. The highest BCUT2D eigenvalue weighted by molar-refractivity contribution is 7.86. The van der Waals surface area contributed by atoms with Gasteiger partial charge in [-0.15, -0.1) is 5.10 Å². The van der Waals surface area contributed by atoms with Gasteiger partial charge in [-0.05, 0) is 31.2 Å². The van der Waals surface area contributed by atoms with Crippen molar-refractivity contribution in [3.05, 3.63) is 59.5 Å². The highest BCUT2D eigenvalue weighted by Crippen LogP contribution is 2.32. The van der Waals surface area contributed by atoms with Crippen LogP contribution < -0.4 is 5.73 Å². The summed E-state index contributed by atoms with van der Waals surface area (Å²) in [6.45, 7) is 1.84. The average molecular weight is 438 g/mol. The van der Waals surface area contributed by atoms with Crippen molar-refractivity contribution in [3.8, 4) is 11.6 Å². The summed E-state index contributed by atoms with van der Waals surface area (Å²) in [5.74, 6) is 1.05. The molecule has 10 nitrogen and oxygen atoms in total. The van der Waals surface area contributed by atoms with Crippen LogP contribution in [0.2, 0.25) is 0 Å². The Kier molecular flexibility index (Phi) is 4.56. The Hall–Kier alpha value is -3.57. The van der Waals surface area contributed by atoms with Crippen LogP contribution in [-0.2, 0) is 14.3 Å². The molecular weight excluding hydrogens is 420 g/mol. The maximum Gasteiger partial charge on any atom is 0.296 e. The fourth-order valence-electron chi connectivity index (χ4n) is 3.37. The molecule has 5 rings (SSSR count). The van der Waals surface area contributed by atoms with Gasteiger partial charge in [0.25, 0.3) is 10.1 Å². The molecule has 0 saturated heterocycles. The molecule has 2 N–H and O–H groups in total. The number of hydrogen-bond donors (Lipinski definition) is 1. The first kappa shape index (κ1) is 19.4. The van der Waals surface area contributed by atoms with E-state index >= 15 is 0 Å². The van der Waals surface area contributed by atoms with Crippen LogP contribution in [0.3, 0.4) is 0 Å². The van der Waals surface area contributed by atoms with Gasteiger partial charge in [0.1, 0.15) is 0 Å². The fourth-order valence-corrected chi connectivity index (χ4v) is 4.29. The number of aryl methyl sites for hydroxylation is 1. The van der Waals surface area contributed by atoms with Gasteiger partial charge in [-0.1, -0.05) is 17.7 Å². The summed E-state index contributed by atoms with van der Waals surface area (Å²) in [6.07, 6.45) is 3.50. The van der Waals surface area contributed by atoms with Gasteiger partial charge >= 0.3 is 0 Å². The fraction of sp³-hybridized carbons (Fsp3) is 0.200. The van der Waals surface area contributed by atoms with Gasteiger partial charge in [0.2, 0.25) is 11.8 Å². The standard InChI is InChI=1S/C20H18N6O4S/c1-12-4-6-13(7-5-12)31(27,28)30-10-8-15-17-14(11-22-15)19-24-18(16-3-2-9-29-16)25-26(19)20(21)23-17/h2-7,9,11,15H,8,10H2,1H3,(H2,21,23). The van der Waals surface area contributed by atoms with Gasteiger partial charge in [0, 0.05) is 12.6 Å². The van der Waals surface area contributed by atoms with Crippen molar-refractivity contribution in [3.63, 3.8) is 0 Å². The maximum absolute atomic E-state index is 12.4. The second kappa shape index (κ2) is 7.29. The second-order valence-electron chi connectivity index (χ2n) is 7.09. The molecule has 4 aromatic rings. The van der Waals surface area contributed by atoms with Crippen molar-refractivity contribution >= 4 is 27.9 Å². The molecule has 0 bridgehead atoms. The van der Waals surface area contributed by atoms with E-state index in [0.29, 0.717) is 34.9 Å². The lowest BCUT2D eigenvalue weighted by Crippen LogP contribution is -2.12. The Labute approximate surface area is 177 Å². The van der Waals surface area contributed by atoms with Crippen LogP contribution in [0.4, 0.5) is 5.95 Å². The number of furan rings is 1. The molecule has 3 aromatic heterocycles. The van der Waals surface area contributed by atoms with Crippen molar-refractivity contribution in [2.75, 3.05) is 12.3 Å². The van der Waals surface area contributed by atoms with E-state index in [-0.39, 0.29) is 23.5 Å². The lowest BCUT2D eigenvalue weighted by Gasteiger charge is -2.11. The Morgan fingerprint density at radius 3 is 2.74 bits per heavy atom. The minimum Gasteiger partial charge on any atom is -0.461 e. The van der Waals surface area contributed by atoms with Crippen molar-refractivity contribution in [2.45, 2.75) is 24.3 Å². The summed E-state index contributed by atoms with van der Waals surface area (Å²) in [6, 6.07) is 9.60. The highest BCUT2D eigenvalue weighted by Gasteiger charge is 2.27. The summed E-state index contributed by atoms with van der Waals surface area (Å²) in [5, 5.41) is 4.35. The van der Waals surface area contributed by atoms with E-state index in [2.05, 4.69) is 20.1 Å². The summed E-state index contributed by atoms with van der Waals surface area (Å²) in [7, 11) is -3.84. The molecular formula is C20H18N6O4S. The Morgan fingerprint density at radius 2 is 2.00 bits per heavy atom. The quantitative estimate of drug-likeness (QED) is 0.453. The minimum atomic E-state index is -3.84. The van der Waals surface area contributed by atoms with E-state index in [1.54, 1.807) is 30.5 Å². The van der Waals surface area contributed by atoms with E-state index in [1.807, 2.05) is 6.92 Å². The van der Waals surface area contributed by atoms with Crippen LogP contribution in [0.25, 0.3) is 17.2 Å². The molecule has 0 spiro atoms. The van der Waals surface area contributed by atoms with E-state index in [0.717, 1.165) is 5.56 Å². The van der Waals surface area contributed by atoms with Crippen LogP contribution in [0.15, 0.2) is 57.0 Å². The topological polar surface area (TPSA) is 138 Å². The molecule has 1 atom stereocenters. The predicted octanol–water partition coefficient (Wildman–Crippen LogP) is 2.54. The molecule has 31 heavy (non-hydrogen) atoms. The Bertz CT molecular complexity index is 1390. The molecule has 0 aliphatic carbocycles. The highest BCUT2D eigenvalue weighted by atomic mass is 32.2. The first-order chi connectivity index (χ1) is 14.9. The van der Waals surface area contributed by atoms with Crippen LogP contribution >= 0.6 is 0 Å². The molecule has 4 heterocycles. The minimum absolute atomic E-state index is 0.0469. The number of fused-ring (bicyclic) bond motifs is 3. The SMILES string of the molecule is Cc1ccc(S(=O)(=O)OCCC2N=Cc3c2nc(N)n2nc(-c4ccco4)nc32)cc1. The summed E-state index contributed by atoms with van der Waals surface area (Å²) in [4.78, 5) is 13.5. The third-order valence-corrected chi connectivity index (χ3v) is 6.28. The zero-order chi connectivity index (χ0) is 21.6. The first-order valence-electron chi connectivity index (χ1n) is 9.52. The van der Waals surface area contributed by atoms with E-state index < -0.39 is 10.1 Å². The van der Waals surface area contributed by atoms with Crippen molar-refractivity contribution in [1.82, 2.24) is 19.6 Å². The van der Waals surface area contributed by atoms with Gasteiger partial charge in [0.05, 0.1) is 35.1 Å². The maximum atomic E-state index is 12.4. The molecule has 1 aromatic carbocycles. The third kappa shape index (κ3) is 3.47. The number of nitrogens with two attached hydrogens (primary N) is 1. The molecule has 1 aliphatic rings. The molecule has 1 unspecified atom stereocenters. The smallest absolute Gasteiger partial charge is 0.296 e. The molecule has 1 aliphatic heterocycles. The van der Waals surface area contributed by atoms with E-state index in [4.69, 9.17) is 14.3 Å². The molecule has 158 valence electrons. The largest absolute Gasteiger partial charge is 0.461 e. The van der Waals surface area contributed by atoms with E-state index in [1.165, 1.54) is 22.9 Å². The van der Waals surface area contributed by atoms with Gasteiger partial charge in [-0.3, -0.25) is 9.18 Å². The van der Waals surface area contributed by atoms with Crippen LogP contribution in [0, 0.1) is 6.92 Å².